The first-order valence-electron chi connectivity index (χ1n) is 5.81. The van der Waals surface area contributed by atoms with Gasteiger partial charge in [0.15, 0.2) is 5.67 Å². The van der Waals surface area contributed by atoms with Crippen LogP contribution in [0.15, 0.2) is 30.0 Å². The van der Waals surface area contributed by atoms with Crippen molar-refractivity contribution in [1.82, 2.24) is 0 Å². The molecule has 0 bridgehead atoms. The molecule has 1 unspecified atom stereocenters. The van der Waals surface area contributed by atoms with Gasteiger partial charge in [0.2, 0.25) is 0 Å². The van der Waals surface area contributed by atoms with Crippen LogP contribution in [0.2, 0.25) is 0 Å². The van der Waals surface area contributed by atoms with Gasteiger partial charge < -0.3 is 19.3 Å². The summed E-state index contributed by atoms with van der Waals surface area (Å²) >= 11 is 0. The Hall–Kier alpha value is -0.252. The second-order valence-electron chi connectivity index (χ2n) is 4.57. The number of rotatable bonds is 6. The summed E-state index contributed by atoms with van der Waals surface area (Å²) in [6.07, 6.45) is 5.12. The molecule has 0 aromatic carbocycles. The number of hydrogen-bond donors (Lipinski definition) is 0. The van der Waals surface area contributed by atoms with Crippen molar-refractivity contribution in [3.8, 4) is 0 Å². The predicted octanol–water partition coefficient (Wildman–Crippen LogP) is 5.43. The van der Waals surface area contributed by atoms with Crippen molar-refractivity contribution in [2.75, 3.05) is 0 Å². The maximum absolute atomic E-state index is 13.6. The second-order valence-corrected chi connectivity index (χ2v) is 4.57. The van der Waals surface area contributed by atoms with Crippen molar-refractivity contribution in [2.24, 2.45) is 5.92 Å². The van der Waals surface area contributed by atoms with Crippen LogP contribution in [0.25, 0.3) is 0 Å². The fourth-order valence-corrected chi connectivity index (χ4v) is 1.42. The molecule has 0 spiro atoms. The minimum Gasteiger partial charge on any atom is -0.512 e. The predicted molar refractivity (Wildman–Crippen MR) is 77.1 cm³/mol. The molecule has 0 saturated heterocycles. The van der Waals surface area contributed by atoms with Gasteiger partial charge in [0.05, 0.1) is 0 Å². The third-order valence-electron chi connectivity index (χ3n) is 2.72. The van der Waals surface area contributed by atoms with Gasteiger partial charge in [-0.3, -0.25) is 0 Å². The Balaban J connectivity index is -0.000000344. The number of halogens is 3. The Bertz CT molecular complexity index is 361. The van der Waals surface area contributed by atoms with Crippen LogP contribution < -0.4 is 0 Å². The van der Waals surface area contributed by atoms with E-state index >= 15 is 0 Å². The van der Waals surface area contributed by atoms with Crippen molar-refractivity contribution in [1.29, 1.82) is 5.26 Å². The zero-order chi connectivity index (χ0) is 15.7. The first kappa shape index (κ1) is 28.8. The number of allylic oxidation sites excluding steroid dienone is 3. The maximum Gasteiger partial charge on any atom is 3.00 e. The molecule has 0 aliphatic carbocycles. The molecule has 119 valence electrons. The fraction of sp³-hybridized carbons (Fsp3) is 0.500. The smallest absolute Gasteiger partial charge is 0.512 e. The van der Waals surface area contributed by atoms with Crippen LogP contribution in [0.5, 0.6) is 0 Å². The minimum atomic E-state index is -3.35. The molecule has 0 N–H and O–H groups in total. The SMILES string of the molecule is C=C=C/C(=C\CC(C)C(F)(F)C(C)(C)F)[CH-]C.[C-]#N.[CH3-].[Sm+3]. The molecule has 0 aliphatic heterocycles. The first-order valence-corrected chi connectivity index (χ1v) is 5.81. The van der Waals surface area contributed by atoms with Crippen LogP contribution >= 0.6 is 0 Å². The third kappa shape index (κ3) is 10.2. The molecule has 0 fully saturated rings. The third-order valence-corrected chi connectivity index (χ3v) is 2.72. The molecule has 1 atom stereocenters. The molecule has 21 heavy (non-hydrogen) atoms. The number of alkyl halides is 3. The molecule has 0 heterocycles. The Kier molecular flexibility index (Phi) is 18.4. The average Bonchev–Trinajstić information content (AvgIpc) is 2.35. The second kappa shape index (κ2) is 13.4. The molecule has 5 heteroatoms. The van der Waals surface area contributed by atoms with Gasteiger partial charge in [0.1, 0.15) is 0 Å². The van der Waals surface area contributed by atoms with Crippen LogP contribution in [0.4, 0.5) is 13.2 Å². The van der Waals surface area contributed by atoms with E-state index in [0.717, 1.165) is 19.4 Å². The van der Waals surface area contributed by atoms with Crippen molar-refractivity contribution < 1.29 is 53.6 Å². The first-order chi connectivity index (χ1) is 8.66. The summed E-state index contributed by atoms with van der Waals surface area (Å²) in [7, 11) is 0. The van der Waals surface area contributed by atoms with E-state index in [-0.39, 0.29) is 54.2 Å². The van der Waals surface area contributed by atoms with Crippen molar-refractivity contribution >= 4 is 0 Å². The van der Waals surface area contributed by atoms with E-state index in [1.54, 1.807) is 25.5 Å². The summed E-state index contributed by atoms with van der Waals surface area (Å²) in [5.41, 5.74) is 0.829. The van der Waals surface area contributed by atoms with Gasteiger partial charge in [-0.1, -0.05) is 26.8 Å². The van der Waals surface area contributed by atoms with Crippen molar-refractivity contribution in [3.63, 3.8) is 0 Å². The van der Waals surface area contributed by atoms with Crippen molar-refractivity contribution in [3.05, 3.63) is 50.5 Å². The van der Waals surface area contributed by atoms with Crippen LogP contribution in [0.1, 0.15) is 34.1 Å². The summed E-state index contributed by atoms with van der Waals surface area (Å²) < 4.78 is 40.6. The van der Waals surface area contributed by atoms with Crippen molar-refractivity contribution in [2.45, 2.75) is 45.7 Å². The van der Waals surface area contributed by atoms with E-state index in [2.05, 4.69) is 12.3 Å². The molecule has 0 aromatic heterocycles. The summed E-state index contributed by atoms with van der Waals surface area (Å²) in [4.78, 5) is 0. The molecule has 0 saturated carbocycles. The van der Waals surface area contributed by atoms with E-state index in [9.17, 15) is 13.2 Å². The quantitative estimate of drug-likeness (QED) is 0.309. The van der Waals surface area contributed by atoms with Gasteiger partial charge in [-0.05, 0) is 13.8 Å². The van der Waals surface area contributed by atoms with E-state index in [4.69, 9.17) is 11.8 Å². The van der Waals surface area contributed by atoms with Gasteiger partial charge in [-0.2, -0.15) is 23.8 Å². The number of nitrogens with zero attached hydrogens (tertiary/aromatic N) is 1. The topological polar surface area (TPSA) is 23.8 Å². The number of hydrogen-bond acceptors (Lipinski definition) is 1. The molecule has 0 amide bonds. The summed E-state index contributed by atoms with van der Waals surface area (Å²) in [6.45, 7) is 13.1. The monoisotopic (exact) mass is 438 g/mol. The zero-order valence-electron chi connectivity index (χ0n) is 13.2. The van der Waals surface area contributed by atoms with E-state index in [0.29, 0.717) is 0 Å². The standard InChI is InChI=1S/C14H20F3.CN.CH3.Sm/c1-6-8-12(7-2)10-9-11(3)14(16,17)13(4,5)15;1-2;;/h7-8,10-11H,1,9H2,2-5H3;;1H3;/q3*-1;+3/b12-10-;;;. The van der Waals surface area contributed by atoms with Gasteiger partial charge in [0.25, 0.3) is 5.92 Å². The van der Waals surface area contributed by atoms with Crippen LogP contribution in [-0.2, 0) is 0 Å². The van der Waals surface area contributed by atoms with Gasteiger partial charge in [-0.25, -0.2) is 13.2 Å². The molecule has 1 nitrogen and oxygen atoms in total. The Labute approximate surface area is 160 Å². The summed E-state index contributed by atoms with van der Waals surface area (Å²) in [5.74, 6) is -4.41. The normalized spacial score (nSPS) is 12.3. The Morgan fingerprint density at radius 3 is 2.10 bits per heavy atom. The van der Waals surface area contributed by atoms with Crippen LogP contribution in [0, 0.1) is 72.0 Å². The maximum atomic E-state index is 13.6. The zero-order valence-corrected chi connectivity index (χ0v) is 15.8. The molecule has 0 rings (SSSR count). The van der Waals surface area contributed by atoms with E-state index in [1.165, 1.54) is 6.92 Å². The molecule has 0 aliphatic rings. The van der Waals surface area contributed by atoms with E-state index in [1.807, 2.05) is 0 Å². The molecular formula is C16H23F3NSm. The Morgan fingerprint density at radius 2 is 1.81 bits per heavy atom. The minimum absolute atomic E-state index is 0. The molecular weight excluding hydrogens is 414 g/mol. The largest absolute Gasteiger partial charge is 3.00 e. The average molecular weight is 437 g/mol. The molecule has 0 aromatic rings. The van der Waals surface area contributed by atoms with Crippen LogP contribution in [0.3, 0.4) is 0 Å². The van der Waals surface area contributed by atoms with Gasteiger partial charge >= 0.3 is 40.4 Å². The fourth-order valence-electron chi connectivity index (χ4n) is 1.42. The van der Waals surface area contributed by atoms with Gasteiger partial charge in [0, 0.05) is 5.92 Å². The van der Waals surface area contributed by atoms with Gasteiger partial charge in [-0.15, -0.1) is 6.08 Å². The van der Waals surface area contributed by atoms with Crippen LogP contribution in [-0.4, -0.2) is 11.6 Å². The summed E-state index contributed by atoms with van der Waals surface area (Å²) in [6, 6.07) is 0. The summed E-state index contributed by atoms with van der Waals surface area (Å²) in [5, 5.41) is 6.25. The molecule has 1 radical (unpaired) electrons. The van der Waals surface area contributed by atoms with E-state index < -0.39 is 17.5 Å². The Morgan fingerprint density at radius 1 is 1.38 bits per heavy atom.